The third kappa shape index (κ3) is 4.94. The van der Waals surface area contributed by atoms with Gasteiger partial charge in [-0.15, -0.1) is 11.3 Å². The monoisotopic (exact) mass is 408 g/mol. The Hall–Kier alpha value is -2.15. The number of halogens is 2. The van der Waals surface area contributed by atoms with Gasteiger partial charge in [-0.1, -0.05) is 35.3 Å². The summed E-state index contributed by atoms with van der Waals surface area (Å²) in [5.74, 6) is -0.927. The second-order valence-corrected chi connectivity index (χ2v) is 7.37. The van der Waals surface area contributed by atoms with Gasteiger partial charge in [-0.3, -0.25) is 9.59 Å². The van der Waals surface area contributed by atoms with Gasteiger partial charge in [0.15, 0.2) is 6.61 Å². The summed E-state index contributed by atoms with van der Waals surface area (Å²) in [5.41, 5.74) is 1.33. The number of rotatable bonds is 6. The van der Waals surface area contributed by atoms with Crippen LogP contribution in [-0.2, 0) is 20.7 Å². The number of anilines is 1. The second-order valence-electron chi connectivity index (χ2n) is 5.41. The van der Waals surface area contributed by atoms with Crippen molar-refractivity contribution in [1.29, 1.82) is 0 Å². The number of amides is 1. The molecule has 2 aromatic carbocycles. The first-order chi connectivity index (χ1) is 12.5. The average Bonchev–Trinajstić information content (AvgIpc) is 3.03. The lowest BCUT2D eigenvalue weighted by atomic mass is 10.3. The smallest absolute Gasteiger partial charge is 0.306 e. The van der Waals surface area contributed by atoms with E-state index in [-0.39, 0.29) is 13.0 Å². The molecule has 0 spiro atoms. The fraction of sp³-hybridized carbons (Fsp3) is 0.167. The van der Waals surface area contributed by atoms with Crippen LogP contribution in [0.5, 0.6) is 0 Å². The van der Waals surface area contributed by atoms with Crippen LogP contribution in [0, 0.1) is 0 Å². The minimum atomic E-state index is -0.470. The highest BCUT2D eigenvalue weighted by Crippen LogP contribution is 2.25. The molecule has 8 heteroatoms. The number of fused-ring (bicyclic) bond motifs is 1. The Morgan fingerprint density at radius 3 is 2.73 bits per heavy atom. The summed E-state index contributed by atoms with van der Waals surface area (Å²) in [6.45, 7) is -0.377. The Balaban J connectivity index is 1.45. The van der Waals surface area contributed by atoms with Crippen molar-refractivity contribution in [3.63, 3.8) is 0 Å². The number of esters is 1. The molecule has 1 aromatic heterocycles. The largest absolute Gasteiger partial charge is 0.456 e. The maximum absolute atomic E-state index is 11.9. The number of ether oxygens (including phenoxy) is 1. The Labute approximate surface area is 163 Å². The van der Waals surface area contributed by atoms with E-state index in [0.717, 1.165) is 15.2 Å². The molecule has 0 radical (unpaired) electrons. The van der Waals surface area contributed by atoms with Crippen molar-refractivity contribution in [2.24, 2.45) is 0 Å². The minimum Gasteiger partial charge on any atom is -0.456 e. The zero-order valence-electron chi connectivity index (χ0n) is 13.5. The van der Waals surface area contributed by atoms with E-state index >= 15 is 0 Å². The van der Waals surface area contributed by atoms with Gasteiger partial charge in [0.05, 0.1) is 32.4 Å². The van der Waals surface area contributed by atoms with Crippen LogP contribution in [0.15, 0.2) is 42.5 Å². The fourth-order valence-electron chi connectivity index (χ4n) is 2.23. The van der Waals surface area contributed by atoms with Crippen molar-refractivity contribution in [3.8, 4) is 0 Å². The molecule has 0 aliphatic heterocycles. The van der Waals surface area contributed by atoms with Crippen LogP contribution in [0.2, 0.25) is 10.0 Å². The van der Waals surface area contributed by atoms with E-state index in [4.69, 9.17) is 27.9 Å². The summed E-state index contributed by atoms with van der Waals surface area (Å²) in [5, 5.41) is 4.21. The number of nitrogens with zero attached hydrogens (tertiary/aromatic N) is 1. The summed E-state index contributed by atoms with van der Waals surface area (Å²) >= 11 is 13.3. The molecule has 0 aliphatic carbocycles. The first-order valence-electron chi connectivity index (χ1n) is 7.76. The predicted octanol–water partition coefficient (Wildman–Crippen LogP) is 4.72. The minimum absolute atomic E-state index is 0.162. The van der Waals surface area contributed by atoms with Crippen molar-refractivity contribution >= 4 is 62.3 Å². The van der Waals surface area contributed by atoms with Crippen LogP contribution < -0.4 is 5.32 Å². The van der Waals surface area contributed by atoms with Gasteiger partial charge in [-0.25, -0.2) is 4.98 Å². The van der Waals surface area contributed by atoms with Crippen LogP contribution in [0.3, 0.4) is 0 Å². The lowest BCUT2D eigenvalue weighted by Crippen LogP contribution is -2.21. The zero-order chi connectivity index (χ0) is 18.5. The summed E-state index contributed by atoms with van der Waals surface area (Å²) in [7, 11) is 0. The maximum atomic E-state index is 11.9. The molecule has 1 amide bonds. The lowest BCUT2D eigenvalue weighted by molar-refractivity contribution is -0.147. The quantitative estimate of drug-likeness (QED) is 0.599. The number of hydrogen-bond donors (Lipinski definition) is 1. The Bertz CT molecular complexity index is 926. The SMILES string of the molecule is O=C(COC(=O)CCc1nc2ccccc2s1)Nc1ccc(Cl)cc1Cl. The Morgan fingerprint density at radius 1 is 1.15 bits per heavy atom. The number of aryl methyl sites for hydroxylation is 1. The molecule has 0 aliphatic rings. The van der Waals surface area contributed by atoms with Gasteiger partial charge in [0, 0.05) is 11.4 Å². The van der Waals surface area contributed by atoms with E-state index in [2.05, 4.69) is 10.3 Å². The summed E-state index contributed by atoms with van der Waals surface area (Å²) in [4.78, 5) is 28.1. The van der Waals surface area contributed by atoms with E-state index in [9.17, 15) is 9.59 Å². The van der Waals surface area contributed by atoms with E-state index < -0.39 is 11.9 Å². The zero-order valence-corrected chi connectivity index (χ0v) is 15.8. The van der Waals surface area contributed by atoms with Crippen molar-refractivity contribution in [1.82, 2.24) is 4.98 Å². The third-order valence-electron chi connectivity index (χ3n) is 3.45. The van der Waals surface area contributed by atoms with Gasteiger partial charge in [0.2, 0.25) is 0 Å². The molecule has 3 rings (SSSR count). The molecule has 0 saturated carbocycles. The van der Waals surface area contributed by atoms with E-state index in [1.807, 2.05) is 24.3 Å². The molecule has 0 saturated heterocycles. The van der Waals surface area contributed by atoms with Crippen LogP contribution in [-0.4, -0.2) is 23.5 Å². The van der Waals surface area contributed by atoms with Gasteiger partial charge >= 0.3 is 5.97 Å². The van der Waals surface area contributed by atoms with Crippen LogP contribution >= 0.6 is 34.5 Å². The molecule has 0 atom stereocenters. The normalized spacial score (nSPS) is 10.7. The van der Waals surface area contributed by atoms with Crippen molar-refractivity contribution in [3.05, 3.63) is 57.5 Å². The standard InChI is InChI=1S/C18H14Cl2N2O3S/c19-11-5-6-13(12(20)9-11)21-16(23)10-25-18(24)8-7-17-22-14-3-1-2-4-15(14)26-17/h1-6,9H,7-8,10H2,(H,21,23). The molecule has 0 bridgehead atoms. The van der Waals surface area contributed by atoms with Crippen LogP contribution in [0.4, 0.5) is 5.69 Å². The lowest BCUT2D eigenvalue weighted by Gasteiger charge is -2.08. The number of thiazole rings is 1. The van der Waals surface area contributed by atoms with E-state index in [1.165, 1.54) is 6.07 Å². The highest BCUT2D eigenvalue weighted by molar-refractivity contribution is 7.18. The molecule has 0 unspecified atom stereocenters. The number of carbonyl (C=O) groups is 2. The van der Waals surface area contributed by atoms with Gasteiger partial charge in [0.1, 0.15) is 0 Å². The average molecular weight is 409 g/mol. The summed E-state index contributed by atoms with van der Waals surface area (Å²) < 4.78 is 6.07. The van der Waals surface area contributed by atoms with Crippen LogP contribution in [0.25, 0.3) is 10.2 Å². The van der Waals surface area contributed by atoms with Gasteiger partial charge < -0.3 is 10.1 Å². The van der Waals surface area contributed by atoms with E-state index in [0.29, 0.717) is 22.2 Å². The first-order valence-corrected chi connectivity index (χ1v) is 9.33. The van der Waals surface area contributed by atoms with E-state index in [1.54, 1.807) is 23.5 Å². The third-order valence-corrected chi connectivity index (χ3v) is 5.09. The summed E-state index contributed by atoms with van der Waals surface area (Å²) in [6.07, 6.45) is 0.637. The Morgan fingerprint density at radius 2 is 1.96 bits per heavy atom. The Kier molecular flexibility index (Phi) is 6.08. The first kappa shape index (κ1) is 18.6. The maximum Gasteiger partial charge on any atom is 0.306 e. The number of benzene rings is 2. The highest BCUT2D eigenvalue weighted by atomic mass is 35.5. The predicted molar refractivity (Wildman–Crippen MR) is 104 cm³/mol. The van der Waals surface area contributed by atoms with Crippen LogP contribution in [0.1, 0.15) is 11.4 Å². The molecule has 1 N–H and O–H groups in total. The molecule has 0 fully saturated rings. The van der Waals surface area contributed by atoms with Crippen molar-refractivity contribution in [2.45, 2.75) is 12.8 Å². The molecular weight excluding hydrogens is 395 g/mol. The number of hydrogen-bond acceptors (Lipinski definition) is 5. The molecule has 1 heterocycles. The molecular formula is C18H14Cl2N2O3S. The fourth-order valence-corrected chi connectivity index (χ4v) is 3.65. The van der Waals surface area contributed by atoms with Gasteiger partial charge in [-0.2, -0.15) is 0 Å². The number of para-hydroxylation sites is 1. The van der Waals surface area contributed by atoms with Gasteiger partial charge in [0.25, 0.3) is 5.91 Å². The van der Waals surface area contributed by atoms with Crippen molar-refractivity contribution in [2.75, 3.05) is 11.9 Å². The number of aromatic nitrogens is 1. The molecule has 5 nitrogen and oxygen atoms in total. The molecule has 26 heavy (non-hydrogen) atoms. The van der Waals surface area contributed by atoms with Crippen molar-refractivity contribution < 1.29 is 14.3 Å². The molecule has 3 aromatic rings. The topological polar surface area (TPSA) is 68.3 Å². The molecule has 134 valence electrons. The second kappa shape index (κ2) is 8.49. The summed E-state index contributed by atoms with van der Waals surface area (Å²) in [6, 6.07) is 12.5. The highest BCUT2D eigenvalue weighted by Gasteiger charge is 2.11. The van der Waals surface area contributed by atoms with Gasteiger partial charge in [-0.05, 0) is 30.3 Å². The number of nitrogens with one attached hydrogen (secondary N) is 1. The number of carbonyl (C=O) groups excluding carboxylic acids is 2.